The molecular formula is C24H31O9-. The van der Waals surface area contributed by atoms with Gasteiger partial charge in [0, 0.05) is 5.56 Å². The van der Waals surface area contributed by atoms with Crippen molar-refractivity contribution in [3.05, 3.63) is 23.3 Å². The number of carbonyl (C=O) groups is 1. The minimum Gasteiger partial charge on any atom is -0.547 e. The normalized spacial score (nSPS) is 44.5. The Morgan fingerprint density at radius 2 is 1.85 bits per heavy atom. The summed E-state index contributed by atoms with van der Waals surface area (Å²) in [4.78, 5) is 11.2. The van der Waals surface area contributed by atoms with Gasteiger partial charge in [-0.15, -0.1) is 0 Å². The number of hydrogen-bond donors (Lipinski definition) is 5. The third-order valence-electron chi connectivity index (χ3n) is 8.84. The van der Waals surface area contributed by atoms with Crippen LogP contribution in [0.5, 0.6) is 11.5 Å². The van der Waals surface area contributed by atoms with Crippen LogP contribution in [0.2, 0.25) is 0 Å². The first-order chi connectivity index (χ1) is 15.6. The van der Waals surface area contributed by atoms with Crippen molar-refractivity contribution in [3.8, 4) is 11.5 Å². The molecule has 0 amide bonds. The number of benzene rings is 1. The standard InChI is InChI=1S/C24H32O9/c1-24-9-8-11-10-4-6-15(32-23-20(29)18(27)19(28)21(33-23)22(30)31)17(26)13(10)3-2-12(11)14(24)5-7-16(24)25/h4,6,11-12,14,16,18-21,23,25-29H,2-3,5,7-9H2,1H3,(H,30,31)/p-1/t11-,12-,14+,16+,18+,19+,20-,21+,23-,24+/m1/s1. The summed E-state index contributed by atoms with van der Waals surface area (Å²) in [6.45, 7) is 2.20. The predicted octanol–water partition coefficient (Wildman–Crippen LogP) is -0.455. The Balaban J connectivity index is 1.39. The van der Waals surface area contributed by atoms with Crippen molar-refractivity contribution in [2.45, 2.75) is 88.2 Å². The molecule has 182 valence electrons. The minimum atomic E-state index is -1.88. The number of carboxylic acid groups (broad SMARTS) is 1. The number of hydrogen-bond acceptors (Lipinski definition) is 9. The van der Waals surface area contributed by atoms with E-state index in [4.69, 9.17) is 9.47 Å². The zero-order valence-corrected chi connectivity index (χ0v) is 18.5. The van der Waals surface area contributed by atoms with Gasteiger partial charge in [-0.25, -0.2) is 0 Å². The maximum absolute atomic E-state index is 11.2. The van der Waals surface area contributed by atoms with E-state index in [2.05, 4.69) is 6.92 Å². The Morgan fingerprint density at radius 3 is 2.58 bits per heavy atom. The van der Waals surface area contributed by atoms with E-state index >= 15 is 0 Å². The molecule has 0 unspecified atom stereocenters. The lowest BCUT2D eigenvalue weighted by Gasteiger charge is -2.50. The molecular weight excluding hydrogens is 432 g/mol. The number of rotatable bonds is 3. The molecule has 2 saturated carbocycles. The Hall–Kier alpha value is -1.91. The Kier molecular flexibility index (Phi) is 5.61. The Labute approximate surface area is 191 Å². The monoisotopic (exact) mass is 463 g/mol. The van der Waals surface area contributed by atoms with Crippen LogP contribution >= 0.6 is 0 Å². The molecule has 0 bridgehead atoms. The third kappa shape index (κ3) is 3.44. The van der Waals surface area contributed by atoms with Gasteiger partial charge in [-0.05, 0) is 73.3 Å². The molecule has 1 aromatic carbocycles. The SMILES string of the molecule is C[C@]12CC[C@@H]3c4ccc(O[C@@H]5O[C@H](C(=O)[O-])[C@@H](O)[C@H](O)[C@H]5O)c(O)c4CC[C@H]3[C@@H]1CC[C@@H]2O. The summed E-state index contributed by atoms with van der Waals surface area (Å²) in [6.07, 6.45) is -3.90. The molecule has 3 aliphatic carbocycles. The number of carbonyl (C=O) groups excluding carboxylic acids is 1. The Bertz CT molecular complexity index is 935. The van der Waals surface area contributed by atoms with Gasteiger partial charge in [0.15, 0.2) is 11.5 Å². The third-order valence-corrected chi connectivity index (χ3v) is 8.84. The van der Waals surface area contributed by atoms with Gasteiger partial charge in [0.05, 0.1) is 12.1 Å². The van der Waals surface area contributed by atoms with Crippen LogP contribution in [0.15, 0.2) is 12.1 Å². The average molecular weight is 464 g/mol. The maximum Gasteiger partial charge on any atom is 0.229 e. The van der Waals surface area contributed by atoms with E-state index in [1.54, 1.807) is 6.07 Å². The van der Waals surface area contributed by atoms with E-state index in [0.717, 1.165) is 43.2 Å². The predicted molar refractivity (Wildman–Crippen MR) is 111 cm³/mol. The molecule has 1 aromatic rings. The average Bonchev–Trinajstić information content (AvgIpc) is 3.09. The van der Waals surface area contributed by atoms with Crippen molar-refractivity contribution in [2.75, 3.05) is 0 Å². The van der Waals surface area contributed by atoms with Crippen LogP contribution in [0.4, 0.5) is 0 Å². The summed E-state index contributed by atoms with van der Waals surface area (Å²) in [6, 6.07) is 3.46. The molecule has 5 N–H and O–H groups in total. The maximum atomic E-state index is 11.2. The van der Waals surface area contributed by atoms with E-state index in [1.807, 2.05) is 6.07 Å². The van der Waals surface area contributed by atoms with E-state index < -0.39 is 36.7 Å². The van der Waals surface area contributed by atoms with Crippen molar-refractivity contribution in [2.24, 2.45) is 17.3 Å². The number of fused-ring (bicyclic) bond motifs is 5. The van der Waals surface area contributed by atoms with Gasteiger partial charge in [-0.1, -0.05) is 13.0 Å². The first kappa shape index (κ1) is 22.9. The highest BCUT2D eigenvalue weighted by atomic mass is 16.7. The van der Waals surface area contributed by atoms with Crippen LogP contribution in [-0.2, 0) is 16.0 Å². The highest BCUT2D eigenvalue weighted by molar-refractivity contribution is 5.71. The molecule has 33 heavy (non-hydrogen) atoms. The van der Waals surface area contributed by atoms with Gasteiger partial charge < -0.3 is 44.9 Å². The van der Waals surface area contributed by atoms with E-state index in [0.29, 0.717) is 18.3 Å². The van der Waals surface area contributed by atoms with Gasteiger partial charge in [-0.3, -0.25) is 0 Å². The molecule has 10 atom stereocenters. The minimum absolute atomic E-state index is 0.00822. The fraction of sp³-hybridized carbons (Fsp3) is 0.708. The van der Waals surface area contributed by atoms with Crippen LogP contribution in [0, 0.1) is 17.3 Å². The topological polar surface area (TPSA) is 160 Å². The zero-order valence-electron chi connectivity index (χ0n) is 18.5. The number of phenolic OH excluding ortho intramolecular Hbond substituents is 1. The van der Waals surface area contributed by atoms with Gasteiger partial charge >= 0.3 is 0 Å². The summed E-state index contributed by atoms with van der Waals surface area (Å²) in [7, 11) is 0. The molecule has 9 heteroatoms. The molecule has 9 nitrogen and oxygen atoms in total. The highest BCUT2D eigenvalue weighted by Crippen LogP contribution is 2.61. The van der Waals surface area contributed by atoms with Crippen LogP contribution in [0.3, 0.4) is 0 Å². The van der Waals surface area contributed by atoms with Crippen molar-refractivity contribution >= 4 is 5.97 Å². The lowest BCUT2D eigenvalue weighted by molar-refractivity contribution is -0.342. The Morgan fingerprint density at radius 1 is 1.09 bits per heavy atom. The van der Waals surface area contributed by atoms with Gasteiger partial charge in [-0.2, -0.15) is 0 Å². The molecule has 1 aliphatic heterocycles. The van der Waals surface area contributed by atoms with Crippen molar-refractivity contribution < 1.29 is 44.9 Å². The first-order valence-corrected chi connectivity index (χ1v) is 11.7. The van der Waals surface area contributed by atoms with E-state index in [1.165, 1.54) is 0 Å². The van der Waals surface area contributed by atoms with Crippen LogP contribution in [0.25, 0.3) is 0 Å². The summed E-state index contributed by atoms with van der Waals surface area (Å²) >= 11 is 0. The largest absolute Gasteiger partial charge is 0.547 e. The fourth-order valence-corrected chi connectivity index (χ4v) is 6.96. The summed E-state index contributed by atoms with van der Waals surface area (Å²) < 4.78 is 10.7. The second-order valence-electron chi connectivity index (χ2n) is 10.4. The molecule has 1 saturated heterocycles. The fourth-order valence-electron chi connectivity index (χ4n) is 6.96. The molecule has 0 aromatic heterocycles. The molecule has 3 fully saturated rings. The molecule has 0 radical (unpaired) electrons. The number of aliphatic hydroxyl groups is 4. The summed E-state index contributed by atoms with van der Waals surface area (Å²) in [5.74, 6) is -0.639. The zero-order chi connectivity index (χ0) is 23.7. The number of aliphatic hydroxyl groups excluding tert-OH is 4. The second kappa shape index (κ2) is 8.09. The van der Waals surface area contributed by atoms with Crippen molar-refractivity contribution in [1.82, 2.24) is 0 Å². The van der Waals surface area contributed by atoms with Crippen molar-refractivity contribution in [3.63, 3.8) is 0 Å². The molecule has 4 aliphatic rings. The van der Waals surface area contributed by atoms with Gasteiger partial charge in [0.25, 0.3) is 0 Å². The summed E-state index contributed by atoms with van der Waals surface area (Å²) in [5, 5.41) is 62.7. The van der Waals surface area contributed by atoms with Crippen LogP contribution in [0.1, 0.15) is 56.1 Å². The van der Waals surface area contributed by atoms with Crippen LogP contribution in [-0.4, -0.2) is 68.3 Å². The highest BCUT2D eigenvalue weighted by Gasteiger charge is 2.54. The lowest BCUT2D eigenvalue weighted by atomic mass is 9.55. The van der Waals surface area contributed by atoms with Crippen LogP contribution < -0.4 is 9.84 Å². The van der Waals surface area contributed by atoms with Crippen molar-refractivity contribution in [1.29, 1.82) is 0 Å². The lowest BCUT2D eigenvalue weighted by Crippen LogP contribution is -2.63. The smallest absolute Gasteiger partial charge is 0.229 e. The van der Waals surface area contributed by atoms with Gasteiger partial charge in [0.2, 0.25) is 6.29 Å². The second-order valence-corrected chi connectivity index (χ2v) is 10.4. The molecule has 1 heterocycles. The quantitative estimate of drug-likeness (QED) is 0.400. The molecule has 0 spiro atoms. The number of ether oxygens (including phenoxy) is 2. The first-order valence-electron chi connectivity index (χ1n) is 11.7. The number of aliphatic carboxylic acids is 1. The number of aromatic hydroxyl groups is 1. The summed E-state index contributed by atoms with van der Waals surface area (Å²) in [5.41, 5.74) is 1.78. The van der Waals surface area contributed by atoms with E-state index in [-0.39, 0.29) is 28.9 Å². The number of carboxylic acids is 1. The van der Waals surface area contributed by atoms with E-state index in [9.17, 15) is 35.4 Å². The number of phenols is 1. The van der Waals surface area contributed by atoms with Gasteiger partial charge in [0.1, 0.15) is 24.4 Å². The molecule has 5 rings (SSSR count).